The van der Waals surface area contributed by atoms with E-state index in [1.807, 2.05) is 40.7 Å². The van der Waals surface area contributed by atoms with E-state index in [0.717, 1.165) is 0 Å². The molecule has 3 atom stereocenters. The number of ether oxygens (including phenoxy) is 2. The summed E-state index contributed by atoms with van der Waals surface area (Å²) in [5.74, 6) is -2.83. The Morgan fingerprint density at radius 2 is 1.38 bits per heavy atom. The SMILES string of the molecule is CC.CC.CCC.CCC(OC)C(C(=O)O)C(C)C(=O)OC.Oc1ccccc1. The number of carboxylic acid groups (broad SMARTS) is 1. The van der Waals surface area contributed by atoms with Crippen molar-refractivity contribution in [1.29, 1.82) is 0 Å². The molecule has 3 unspecified atom stereocenters. The van der Waals surface area contributed by atoms with Gasteiger partial charge in [-0.05, 0) is 18.6 Å². The summed E-state index contributed by atoms with van der Waals surface area (Å²) in [7, 11) is 2.68. The molecule has 0 heterocycles. The van der Waals surface area contributed by atoms with E-state index in [2.05, 4.69) is 18.6 Å². The second-order valence-corrected chi connectivity index (χ2v) is 5.40. The molecule has 1 aromatic rings. The molecule has 0 aliphatic carbocycles. The molecule has 1 aromatic carbocycles. The monoisotopic (exact) mass is 416 g/mol. The fraction of sp³-hybridized carbons (Fsp3) is 0.652. The first-order valence-corrected chi connectivity index (χ1v) is 10.4. The Kier molecular flexibility index (Phi) is 30.8. The standard InChI is InChI=1S/C10H18O5.C6H6O.C3H8.2C2H6/c1-5-7(14-3)8(9(11)12)6(2)10(13)15-4;7-6-4-2-1-3-5-6;1-3-2;2*1-2/h6-8H,5H2,1-4H3,(H,11,12);1-5,7H;3H2,1-2H3;2*1-2H3. The highest BCUT2D eigenvalue weighted by molar-refractivity contribution is 5.81. The van der Waals surface area contributed by atoms with Gasteiger partial charge < -0.3 is 19.7 Å². The molecule has 6 nitrogen and oxygen atoms in total. The van der Waals surface area contributed by atoms with E-state index in [1.54, 1.807) is 24.3 Å². The number of benzene rings is 1. The zero-order valence-corrected chi connectivity index (χ0v) is 20.1. The minimum atomic E-state index is -1.04. The van der Waals surface area contributed by atoms with Crippen LogP contribution in [0.1, 0.15) is 68.2 Å². The Bertz CT molecular complexity index is 458. The number of para-hydroxylation sites is 1. The molecule has 0 aliphatic heterocycles. The van der Waals surface area contributed by atoms with Crippen LogP contribution in [-0.2, 0) is 19.1 Å². The van der Waals surface area contributed by atoms with Crippen LogP contribution in [0, 0.1) is 11.8 Å². The van der Waals surface area contributed by atoms with Gasteiger partial charge in [0, 0.05) is 7.11 Å². The lowest BCUT2D eigenvalue weighted by Crippen LogP contribution is -2.38. The number of methoxy groups -OCH3 is 2. The van der Waals surface area contributed by atoms with Crippen LogP contribution >= 0.6 is 0 Å². The van der Waals surface area contributed by atoms with Crippen molar-refractivity contribution in [2.75, 3.05) is 14.2 Å². The summed E-state index contributed by atoms with van der Waals surface area (Å²) < 4.78 is 9.57. The molecule has 1 rings (SSSR count). The minimum absolute atomic E-state index is 0.322. The summed E-state index contributed by atoms with van der Waals surface area (Å²) in [6, 6.07) is 8.71. The fourth-order valence-corrected chi connectivity index (χ4v) is 2.02. The Morgan fingerprint density at radius 1 is 0.966 bits per heavy atom. The lowest BCUT2D eigenvalue weighted by molar-refractivity contribution is -0.160. The summed E-state index contributed by atoms with van der Waals surface area (Å²) in [6.07, 6.45) is 1.31. The number of carboxylic acids is 1. The van der Waals surface area contributed by atoms with Crippen molar-refractivity contribution in [3.05, 3.63) is 30.3 Å². The molecule has 0 bridgehead atoms. The van der Waals surface area contributed by atoms with E-state index < -0.39 is 29.9 Å². The first kappa shape index (κ1) is 34.4. The lowest BCUT2D eigenvalue weighted by atomic mass is 9.87. The first-order valence-electron chi connectivity index (χ1n) is 10.4. The second-order valence-electron chi connectivity index (χ2n) is 5.40. The van der Waals surface area contributed by atoms with E-state index in [9.17, 15) is 9.59 Å². The molecule has 0 amide bonds. The van der Waals surface area contributed by atoms with Gasteiger partial charge in [-0.25, -0.2) is 0 Å². The zero-order chi connectivity index (χ0) is 23.8. The van der Waals surface area contributed by atoms with Gasteiger partial charge >= 0.3 is 11.9 Å². The predicted molar refractivity (Wildman–Crippen MR) is 120 cm³/mol. The fourth-order valence-electron chi connectivity index (χ4n) is 2.02. The van der Waals surface area contributed by atoms with Gasteiger partial charge in [-0.3, -0.25) is 9.59 Å². The van der Waals surface area contributed by atoms with Gasteiger partial charge in [0.25, 0.3) is 0 Å². The van der Waals surface area contributed by atoms with E-state index in [-0.39, 0.29) is 0 Å². The number of phenolic OH excluding ortho intramolecular Hbond substituents is 1. The number of aromatic hydroxyl groups is 1. The van der Waals surface area contributed by atoms with Crippen LogP contribution in [0.3, 0.4) is 0 Å². The van der Waals surface area contributed by atoms with E-state index in [0.29, 0.717) is 12.2 Å². The van der Waals surface area contributed by atoms with Crippen molar-refractivity contribution < 1.29 is 29.3 Å². The van der Waals surface area contributed by atoms with Gasteiger partial charge in [0.2, 0.25) is 0 Å². The minimum Gasteiger partial charge on any atom is -0.508 e. The maximum atomic E-state index is 11.3. The molecule has 0 aromatic heterocycles. The van der Waals surface area contributed by atoms with Gasteiger partial charge in [-0.15, -0.1) is 0 Å². The lowest BCUT2D eigenvalue weighted by Gasteiger charge is -2.25. The van der Waals surface area contributed by atoms with Gasteiger partial charge in [0.05, 0.1) is 25.0 Å². The van der Waals surface area contributed by atoms with Gasteiger partial charge in [-0.2, -0.15) is 0 Å². The van der Waals surface area contributed by atoms with Crippen molar-refractivity contribution in [2.24, 2.45) is 11.8 Å². The Balaban J connectivity index is -0.000000184. The normalized spacial score (nSPS) is 11.7. The molecule has 29 heavy (non-hydrogen) atoms. The van der Waals surface area contributed by atoms with Crippen LogP contribution in [-0.4, -0.2) is 42.5 Å². The largest absolute Gasteiger partial charge is 0.508 e. The second kappa shape index (κ2) is 25.9. The Morgan fingerprint density at radius 3 is 1.59 bits per heavy atom. The number of carbonyl (C=O) groups is 2. The predicted octanol–water partition coefficient (Wildman–Crippen LogP) is 5.78. The molecule has 0 saturated carbocycles. The number of aliphatic carboxylic acids is 1. The third-order valence-electron chi connectivity index (χ3n) is 3.26. The topological polar surface area (TPSA) is 93.1 Å². The van der Waals surface area contributed by atoms with Crippen LogP contribution in [0.25, 0.3) is 0 Å². The Labute approximate surface area is 178 Å². The van der Waals surface area contributed by atoms with E-state index >= 15 is 0 Å². The number of rotatable bonds is 6. The first-order chi connectivity index (χ1) is 13.8. The highest BCUT2D eigenvalue weighted by atomic mass is 16.5. The van der Waals surface area contributed by atoms with Gasteiger partial charge in [0.1, 0.15) is 5.75 Å². The number of carbonyl (C=O) groups excluding carboxylic acids is 1. The summed E-state index contributed by atoms with van der Waals surface area (Å²) >= 11 is 0. The van der Waals surface area contributed by atoms with Crippen LogP contribution in [0.2, 0.25) is 0 Å². The molecule has 0 fully saturated rings. The average Bonchev–Trinajstić information content (AvgIpc) is 2.75. The summed E-state index contributed by atoms with van der Waals surface area (Å²) in [5.41, 5.74) is 0. The number of hydrogen-bond acceptors (Lipinski definition) is 5. The Hall–Kier alpha value is -2.08. The average molecular weight is 417 g/mol. The number of esters is 1. The molecule has 2 N–H and O–H groups in total. The van der Waals surface area contributed by atoms with E-state index in [1.165, 1.54) is 27.6 Å². The highest BCUT2D eigenvalue weighted by Crippen LogP contribution is 2.22. The molecule has 0 spiro atoms. The molecular weight excluding hydrogens is 372 g/mol. The maximum Gasteiger partial charge on any atom is 0.310 e. The quantitative estimate of drug-likeness (QED) is 0.571. The van der Waals surface area contributed by atoms with Gasteiger partial charge in [0.15, 0.2) is 0 Å². The van der Waals surface area contributed by atoms with Crippen LogP contribution in [0.5, 0.6) is 5.75 Å². The molecule has 0 radical (unpaired) electrons. The van der Waals surface area contributed by atoms with Crippen LogP contribution in [0.4, 0.5) is 0 Å². The third kappa shape index (κ3) is 19.0. The smallest absolute Gasteiger partial charge is 0.310 e. The zero-order valence-electron chi connectivity index (χ0n) is 20.1. The summed E-state index contributed by atoms with van der Waals surface area (Å²) in [4.78, 5) is 22.3. The van der Waals surface area contributed by atoms with Crippen molar-refractivity contribution in [3.8, 4) is 5.75 Å². The number of phenols is 1. The summed E-state index contributed by atoms with van der Waals surface area (Å²) in [5, 5.41) is 17.7. The van der Waals surface area contributed by atoms with Crippen molar-refractivity contribution >= 4 is 11.9 Å². The summed E-state index contributed by atoms with van der Waals surface area (Å²) in [6.45, 7) is 15.6. The molecular formula is C23H44O6. The van der Waals surface area contributed by atoms with Gasteiger partial charge in [-0.1, -0.05) is 80.0 Å². The third-order valence-corrected chi connectivity index (χ3v) is 3.26. The van der Waals surface area contributed by atoms with Crippen molar-refractivity contribution in [3.63, 3.8) is 0 Å². The highest BCUT2D eigenvalue weighted by Gasteiger charge is 2.36. The van der Waals surface area contributed by atoms with Crippen LogP contribution < -0.4 is 0 Å². The molecule has 172 valence electrons. The van der Waals surface area contributed by atoms with Crippen LogP contribution in [0.15, 0.2) is 30.3 Å². The molecule has 0 saturated heterocycles. The maximum absolute atomic E-state index is 11.3. The van der Waals surface area contributed by atoms with E-state index in [4.69, 9.17) is 14.9 Å². The van der Waals surface area contributed by atoms with Crippen molar-refractivity contribution in [2.45, 2.75) is 74.3 Å². The number of hydrogen-bond donors (Lipinski definition) is 2. The molecule has 6 heteroatoms. The molecule has 0 aliphatic rings. The van der Waals surface area contributed by atoms with Crippen molar-refractivity contribution in [1.82, 2.24) is 0 Å².